The van der Waals surface area contributed by atoms with Crippen molar-refractivity contribution < 1.29 is 4.79 Å². The number of hydrogen-bond donors (Lipinski definition) is 2. The molecular formula is C18H30N4O. The Morgan fingerprint density at radius 2 is 1.78 bits per heavy atom. The lowest BCUT2D eigenvalue weighted by molar-refractivity contribution is -0.121. The van der Waals surface area contributed by atoms with Gasteiger partial charge in [0.2, 0.25) is 5.91 Å². The number of carbonyl (C=O) groups excluding carboxylic acids is 1. The van der Waals surface area contributed by atoms with Gasteiger partial charge in [0.15, 0.2) is 0 Å². The molecule has 128 valence electrons. The normalized spacial score (nSPS) is 17.9. The van der Waals surface area contributed by atoms with E-state index in [1.54, 1.807) is 0 Å². The summed E-state index contributed by atoms with van der Waals surface area (Å²) in [4.78, 5) is 16.6. The fraction of sp³-hybridized carbons (Fsp3) is 0.611. The highest BCUT2D eigenvalue weighted by atomic mass is 16.1. The third-order valence-corrected chi connectivity index (χ3v) is 4.34. The quantitative estimate of drug-likeness (QED) is 0.792. The van der Waals surface area contributed by atoms with Gasteiger partial charge in [-0.25, -0.2) is 0 Å². The first-order valence-electron chi connectivity index (χ1n) is 8.54. The number of nitrogens with two attached hydrogens (primary N) is 1. The first kappa shape index (κ1) is 17.9. The minimum Gasteiger partial charge on any atom is -0.352 e. The molecule has 0 bridgehead atoms. The number of hydrogen-bond acceptors (Lipinski definition) is 4. The predicted octanol–water partition coefficient (Wildman–Crippen LogP) is 1.18. The van der Waals surface area contributed by atoms with Gasteiger partial charge in [-0.15, -0.1) is 0 Å². The van der Waals surface area contributed by atoms with Crippen LogP contribution in [-0.4, -0.2) is 55.0 Å². The molecule has 0 radical (unpaired) electrons. The van der Waals surface area contributed by atoms with Crippen molar-refractivity contribution in [3.63, 3.8) is 0 Å². The van der Waals surface area contributed by atoms with E-state index in [4.69, 9.17) is 5.73 Å². The molecule has 1 amide bonds. The van der Waals surface area contributed by atoms with E-state index in [1.807, 2.05) is 6.92 Å². The van der Waals surface area contributed by atoms with Gasteiger partial charge in [-0.05, 0) is 31.5 Å². The highest BCUT2D eigenvalue weighted by Gasteiger charge is 2.13. The summed E-state index contributed by atoms with van der Waals surface area (Å²) < 4.78 is 0. The van der Waals surface area contributed by atoms with E-state index in [0.29, 0.717) is 13.0 Å². The molecule has 1 aromatic carbocycles. The number of benzene rings is 1. The minimum atomic E-state index is 0.0730. The van der Waals surface area contributed by atoms with Crippen LogP contribution in [-0.2, 0) is 17.9 Å². The number of rotatable bonds is 7. The number of nitrogens with zero attached hydrogens (tertiary/aromatic N) is 2. The third-order valence-electron chi connectivity index (χ3n) is 4.34. The largest absolute Gasteiger partial charge is 0.352 e. The second-order valence-corrected chi connectivity index (χ2v) is 6.69. The zero-order valence-electron chi connectivity index (χ0n) is 14.4. The van der Waals surface area contributed by atoms with Crippen LogP contribution in [0.1, 0.15) is 30.9 Å². The molecule has 1 saturated heterocycles. The van der Waals surface area contributed by atoms with Crippen molar-refractivity contribution in [2.45, 2.75) is 38.9 Å². The average Bonchev–Trinajstić information content (AvgIpc) is 2.54. The molecule has 1 fully saturated rings. The molecule has 5 heteroatoms. The van der Waals surface area contributed by atoms with Gasteiger partial charge in [0.25, 0.3) is 0 Å². The van der Waals surface area contributed by atoms with Gasteiger partial charge in [0, 0.05) is 51.7 Å². The second kappa shape index (κ2) is 9.01. The minimum absolute atomic E-state index is 0.0730. The standard InChI is InChI=1S/C18H30N4O/c1-15(19)3-8-18(23)20-13-16-4-6-17(7-5-16)14-22-11-9-21(2)10-12-22/h4-7,15H,3,8-14,19H2,1-2H3,(H,20,23). The van der Waals surface area contributed by atoms with Crippen LogP contribution in [0.15, 0.2) is 24.3 Å². The molecule has 1 unspecified atom stereocenters. The summed E-state index contributed by atoms with van der Waals surface area (Å²) in [6.07, 6.45) is 1.23. The average molecular weight is 318 g/mol. The smallest absolute Gasteiger partial charge is 0.220 e. The molecule has 1 aliphatic heterocycles. The van der Waals surface area contributed by atoms with Crippen molar-refractivity contribution in [1.29, 1.82) is 0 Å². The summed E-state index contributed by atoms with van der Waals surface area (Å²) in [5, 5.41) is 2.95. The molecule has 3 N–H and O–H groups in total. The van der Waals surface area contributed by atoms with E-state index < -0.39 is 0 Å². The Labute approximate surface area is 139 Å². The van der Waals surface area contributed by atoms with E-state index in [1.165, 1.54) is 5.56 Å². The number of amides is 1. The lowest BCUT2D eigenvalue weighted by Crippen LogP contribution is -2.43. The molecule has 5 nitrogen and oxygen atoms in total. The number of carbonyl (C=O) groups is 1. The maximum Gasteiger partial charge on any atom is 0.220 e. The summed E-state index contributed by atoms with van der Waals surface area (Å²) >= 11 is 0. The van der Waals surface area contributed by atoms with Crippen LogP contribution in [0.25, 0.3) is 0 Å². The van der Waals surface area contributed by atoms with Gasteiger partial charge >= 0.3 is 0 Å². The van der Waals surface area contributed by atoms with Crippen molar-refractivity contribution in [2.75, 3.05) is 33.2 Å². The van der Waals surface area contributed by atoms with Crippen LogP contribution < -0.4 is 11.1 Å². The molecule has 0 spiro atoms. The third kappa shape index (κ3) is 6.69. The van der Waals surface area contributed by atoms with Gasteiger partial charge in [-0.2, -0.15) is 0 Å². The van der Waals surface area contributed by atoms with Crippen LogP contribution in [0, 0.1) is 0 Å². The van der Waals surface area contributed by atoms with Crippen molar-refractivity contribution in [3.8, 4) is 0 Å². The molecule has 1 heterocycles. The topological polar surface area (TPSA) is 61.6 Å². The van der Waals surface area contributed by atoms with Gasteiger partial charge in [-0.3, -0.25) is 9.69 Å². The Morgan fingerprint density at radius 1 is 1.17 bits per heavy atom. The molecule has 1 aliphatic rings. The number of piperazine rings is 1. The highest BCUT2D eigenvalue weighted by molar-refractivity contribution is 5.75. The van der Waals surface area contributed by atoms with Crippen LogP contribution in [0.3, 0.4) is 0 Å². The summed E-state index contributed by atoms with van der Waals surface area (Å²) in [7, 11) is 2.18. The molecule has 1 atom stereocenters. The van der Waals surface area contributed by atoms with E-state index in [0.717, 1.165) is 44.7 Å². The maximum absolute atomic E-state index is 11.7. The van der Waals surface area contributed by atoms with Crippen molar-refractivity contribution in [1.82, 2.24) is 15.1 Å². The molecule has 0 aromatic heterocycles. The summed E-state index contributed by atoms with van der Waals surface area (Å²) in [6.45, 7) is 8.08. The molecule has 2 rings (SSSR count). The van der Waals surface area contributed by atoms with Crippen LogP contribution in [0.4, 0.5) is 0 Å². The van der Waals surface area contributed by atoms with Gasteiger partial charge in [0.05, 0.1) is 0 Å². The zero-order chi connectivity index (χ0) is 16.7. The monoisotopic (exact) mass is 318 g/mol. The van der Waals surface area contributed by atoms with Crippen LogP contribution in [0.5, 0.6) is 0 Å². The summed E-state index contributed by atoms with van der Waals surface area (Å²) in [5.74, 6) is 0.0730. The Hall–Kier alpha value is -1.43. The molecular weight excluding hydrogens is 288 g/mol. The Kier molecular flexibility index (Phi) is 7.02. The summed E-state index contributed by atoms with van der Waals surface area (Å²) in [6, 6.07) is 8.63. The van der Waals surface area contributed by atoms with E-state index in [2.05, 4.69) is 46.4 Å². The van der Waals surface area contributed by atoms with Gasteiger partial charge < -0.3 is 16.0 Å². The summed E-state index contributed by atoms with van der Waals surface area (Å²) in [5.41, 5.74) is 8.14. The molecule has 0 aliphatic carbocycles. The van der Waals surface area contributed by atoms with Crippen molar-refractivity contribution in [3.05, 3.63) is 35.4 Å². The number of likely N-dealkylation sites (N-methyl/N-ethyl adjacent to an activating group) is 1. The molecule has 23 heavy (non-hydrogen) atoms. The maximum atomic E-state index is 11.7. The zero-order valence-corrected chi connectivity index (χ0v) is 14.4. The van der Waals surface area contributed by atoms with Crippen molar-refractivity contribution in [2.24, 2.45) is 5.73 Å². The Morgan fingerprint density at radius 3 is 2.39 bits per heavy atom. The van der Waals surface area contributed by atoms with Crippen LogP contribution >= 0.6 is 0 Å². The molecule has 1 aromatic rings. The fourth-order valence-electron chi connectivity index (χ4n) is 2.67. The first-order valence-corrected chi connectivity index (χ1v) is 8.54. The van der Waals surface area contributed by atoms with Crippen molar-refractivity contribution >= 4 is 5.91 Å². The van der Waals surface area contributed by atoms with E-state index >= 15 is 0 Å². The van der Waals surface area contributed by atoms with E-state index in [9.17, 15) is 4.79 Å². The Bertz CT molecular complexity index is 478. The Balaban J connectivity index is 1.72. The van der Waals surface area contributed by atoms with E-state index in [-0.39, 0.29) is 11.9 Å². The highest BCUT2D eigenvalue weighted by Crippen LogP contribution is 2.10. The lowest BCUT2D eigenvalue weighted by Gasteiger charge is -2.32. The second-order valence-electron chi connectivity index (χ2n) is 6.69. The van der Waals surface area contributed by atoms with Crippen LogP contribution in [0.2, 0.25) is 0 Å². The SMILES string of the molecule is CC(N)CCC(=O)NCc1ccc(CN2CCN(C)CC2)cc1. The molecule has 0 saturated carbocycles. The predicted molar refractivity (Wildman–Crippen MR) is 93.9 cm³/mol. The fourth-order valence-corrected chi connectivity index (χ4v) is 2.67. The number of nitrogens with one attached hydrogen (secondary N) is 1. The first-order chi connectivity index (χ1) is 11.0. The van der Waals surface area contributed by atoms with Gasteiger partial charge in [-0.1, -0.05) is 24.3 Å². The van der Waals surface area contributed by atoms with Gasteiger partial charge in [0.1, 0.15) is 0 Å². The lowest BCUT2D eigenvalue weighted by atomic mass is 10.1.